The lowest BCUT2D eigenvalue weighted by molar-refractivity contribution is -0.0100. The van der Waals surface area contributed by atoms with Gasteiger partial charge in [-0.05, 0) is 90.8 Å². The second-order valence-corrected chi connectivity index (χ2v) is 13.5. The van der Waals surface area contributed by atoms with E-state index in [1.165, 1.54) is 44.1 Å². The smallest absolute Gasteiger partial charge is 0.257 e. The van der Waals surface area contributed by atoms with Gasteiger partial charge in [-0.1, -0.05) is 30.3 Å². The maximum absolute atomic E-state index is 13.3. The molecule has 0 radical (unpaired) electrons. The van der Waals surface area contributed by atoms with E-state index >= 15 is 0 Å². The molecule has 0 spiro atoms. The van der Waals surface area contributed by atoms with Crippen LogP contribution in [0.2, 0.25) is 0 Å². The molecule has 2 aromatic rings. The molecule has 0 unspecified atom stereocenters. The average molecular weight is 615 g/mol. The molecule has 1 aromatic heterocycles. The number of aryl methyl sites for hydroxylation is 2. The fraction of sp³-hybridized carbons (Fsp3) is 0.667. The molecule has 1 aliphatic carbocycles. The minimum Gasteiger partial charge on any atom is -0.412 e. The van der Waals surface area contributed by atoms with Crippen molar-refractivity contribution < 1.29 is 15.7 Å². The molecule has 3 saturated heterocycles. The monoisotopic (exact) mass is 614 g/mol. The number of carbonyl (C=O) groups is 1. The summed E-state index contributed by atoms with van der Waals surface area (Å²) in [6.07, 6.45) is 11.3. The zero-order valence-electron chi connectivity index (χ0n) is 26.4. The van der Waals surface area contributed by atoms with Crippen molar-refractivity contribution in [1.82, 2.24) is 30.0 Å². The summed E-state index contributed by atoms with van der Waals surface area (Å²) in [7, 11) is 0. The molecule has 9 nitrogen and oxygen atoms in total. The van der Waals surface area contributed by atoms with E-state index in [1.807, 2.05) is 18.7 Å². The molecule has 4 aliphatic rings. The van der Waals surface area contributed by atoms with E-state index in [0.29, 0.717) is 17.6 Å². The summed E-state index contributed by atoms with van der Waals surface area (Å²) < 4.78 is 0. The number of amides is 1. The highest BCUT2D eigenvalue weighted by Gasteiger charge is 2.40. The van der Waals surface area contributed by atoms with Gasteiger partial charge in [-0.3, -0.25) is 14.6 Å². The fourth-order valence-electron chi connectivity index (χ4n) is 6.87. The van der Waals surface area contributed by atoms with Crippen molar-refractivity contribution in [3.63, 3.8) is 0 Å². The molecule has 1 saturated carbocycles. The lowest BCUT2D eigenvalue weighted by Crippen LogP contribution is -2.59. The van der Waals surface area contributed by atoms with Gasteiger partial charge in [0, 0.05) is 55.6 Å². The Labute approximate surface area is 263 Å². The van der Waals surface area contributed by atoms with Crippen LogP contribution in [0.5, 0.6) is 0 Å². The number of nitrogens with zero attached hydrogens (tertiary/aromatic N) is 5. The van der Waals surface area contributed by atoms with Gasteiger partial charge in [0.05, 0.1) is 17.0 Å². The van der Waals surface area contributed by atoms with Crippen LogP contribution in [0.4, 0.5) is 0 Å². The maximum atomic E-state index is 13.3. The molecule has 4 heterocycles. The van der Waals surface area contributed by atoms with E-state index < -0.39 is 0 Å². The number of thiol groups is 1. The number of hydrogen-bond acceptors (Lipinski definition) is 7. The van der Waals surface area contributed by atoms with Gasteiger partial charge < -0.3 is 21.2 Å². The van der Waals surface area contributed by atoms with Crippen LogP contribution in [0.1, 0.15) is 85.6 Å². The first-order valence-corrected chi connectivity index (χ1v) is 16.4. The summed E-state index contributed by atoms with van der Waals surface area (Å²) in [4.78, 5) is 29.4. The Hall–Kier alpha value is -2.08. The van der Waals surface area contributed by atoms with Crippen molar-refractivity contribution in [1.29, 1.82) is 0 Å². The van der Waals surface area contributed by atoms with E-state index in [4.69, 9.17) is 0 Å². The number of hydrogen-bond donors (Lipinski definition) is 2. The molecule has 1 aromatic carbocycles. The highest BCUT2D eigenvalue weighted by atomic mass is 32.1. The number of carbonyl (C=O) groups excluding carboxylic acids is 1. The van der Waals surface area contributed by atoms with Gasteiger partial charge in [0.25, 0.3) is 5.91 Å². The summed E-state index contributed by atoms with van der Waals surface area (Å²) in [6.45, 7) is 13.5. The first kappa shape index (κ1) is 35.4. The van der Waals surface area contributed by atoms with Crippen LogP contribution >= 0.6 is 12.6 Å². The van der Waals surface area contributed by atoms with Gasteiger partial charge in [0.2, 0.25) is 0 Å². The number of likely N-dealkylation sites (tertiary alicyclic amines) is 2. The predicted molar refractivity (Wildman–Crippen MR) is 177 cm³/mol. The zero-order valence-corrected chi connectivity index (χ0v) is 27.3. The number of rotatable bonds is 6. The lowest BCUT2D eigenvalue weighted by atomic mass is 9.84. The third kappa shape index (κ3) is 9.22. The molecule has 0 bridgehead atoms. The summed E-state index contributed by atoms with van der Waals surface area (Å²) in [5.41, 5.74) is 3.84. The van der Waals surface area contributed by atoms with Gasteiger partial charge in [0.1, 0.15) is 6.33 Å². The first-order chi connectivity index (χ1) is 19.8. The van der Waals surface area contributed by atoms with Gasteiger partial charge in [-0.2, -0.15) is 12.6 Å². The number of benzene rings is 1. The fourth-order valence-corrected chi connectivity index (χ4v) is 7.02. The minimum atomic E-state index is 0. The van der Waals surface area contributed by atoms with Crippen molar-refractivity contribution >= 4 is 18.5 Å². The summed E-state index contributed by atoms with van der Waals surface area (Å²) in [6, 6.07) is 12.3. The van der Waals surface area contributed by atoms with Gasteiger partial charge in [-0.25, -0.2) is 9.97 Å². The number of aromatic nitrogens is 2. The number of piperidine rings is 3. The molecule has 240 valence electrons. The van der Waals surface area contributed by atoms with Crippen LogP contribution in [0.25, 0.3) is 0 Å². The van der Waals surface area contributed by atoms with Crippen LogP contribution in [0.3, 0.4) is 0 Å². The van der Waals surface area contributed by atoms with Crippen molar-refractivity contribution in [3.05, 3.63) is 59.2 Å². The van der Waals surface area contributed by atoms with Crippen molar-refractivity contribution in [3.8, 4) is 0 Å². The lowest BCUT2D eigenvalue weighted by Gasteiger charge is -2.51. The van der Waals surface area contributed by atoms with Crippen LogP contribution < -0.4 is 5.32 Å². The molecule has 1 amide bonds. The maximum Gasteiger partial charge on any atom is 0.257 e. The van der Waals surface area contributed by atoms with E-state index in [2.05, 4.69) is 75.0 Å². The Kier molecular flexibility index (Phi) is 13.4. The molecule has 0 atom stereocenters. The third-order valence-electron chi connectivity index (χ3n) is 9.80. The first-order valence-electron chi connectivity index (χ1n) is 15.8. The Morgan fingerprint density at radius 3 is 1.98 bits per heavy atom. The zero-order chi connectivity index (χ0) is 28.8. The summed E-state index contributed by atoms with van der Waals surface area (Å²) in [5.74, 6) is 0.0925. The second-order valence-electron chi connectivity index (χ2n) is 12.8. The predicted octanol–water partition coefficient (Wildman–Crippen LogP) is 3.24. The molecule has 5 N–H and O–H groups in total. The molecule has 10 heteroatoms. The van der Waals surface area contributed by atoms with Crippen LogP contribution in [-0.2, 0) is 6.54 Å². The Morgan fingerprint density at radius 2 is 1.44 bits per heavy atom. The number of nitrogens with one attached hydrogen (secondary N) is 1. The SMILES string of the molecule is Cc1ncnc(C)c1C(=O)N1CCC(C)(N2CCC(N(Cc3ccccc3)C3CCNCC3)CC2)CC1.O.O.SC1CC1. The highest BCUT2D eigenvalue weighted by Crippen LogP contribution is 2.34. The van der Waals surface area contributed by atoms with Gasteiger partial charge >= 0.3 is 0 Å². The van der Waals surface area contributed by atoms with Crippen LogP contribution in [0, 0.1) is 13.8 Å². The Bertz CT molecular complexity index is 1110. The van der Waals surface area contributed by atoms with E-state index in [9.17, 15) is 4.79 Å². The Morgan fingerprint density at radius 1 is 0.907 bits per heavy atom. The average Bonchev–Trinajstić information content (AvgIpc) is 3.79. The Balaban J connectivity index is 0.000000780. The van der Waals surface area contributed by atoms with E-state index in [0.717, 1.165) is 75.3 Å². The largest absolute Gasteiger partial charge is 0.412 e. The standard InChI is InChI=1S/C30H44N6O.C3H6S.2H2O/c1-23-28(24(2)33-22-32-23)29(37)34-19-13-30(3,14-20-34)35-17-11-27(12-18-35)36(26-9-15-31-16-10-26)21-25-7-5-4-6-8-25;4-3-1-2-3;;/h4-8,22,26-27,31H,9-21H2,1-3H3;3-4H,1-2H2;2*1H2. The summed E-state index contributed by atoms with van der Waals surface area (Å²) in [5, 5.41) is 4.33. The van der Waals surface area contributed by atoms with Crippen molar-refractivity contribution in [2.75, 3.05) is 39.3 Å². The van der Waals surface area contributed by atoms with Crippen molar-refractivity contribution in [2.24, 2.45) is 0 Å². The van der Waals surface area contributed by atoms with Gasteiger partial charge in [-0.15, -0.1) is 0 Å². The van der Waals surface area contributed by atoms with Crippen LogP contribution in [0.15, 0.2) is 36.7 Å². The molecule has 4 fully saturated rings. The third-order valence-corrected chi connectivity index (χ3v) is 10.3. The van der Waals surface area contributed by atoms with Crippen LogP contribution in [-0.4, -0.2) is 104 Å². The molecular formula is C33H54N6O3S. The molecule has 43 heavy (non-hydrogen) atoms. The highest BCUT2D eigenvalue weighted by molar-refractivity contribution is 7.81. The van der Waals surface area contributed by atoms with E-state index in [-0.39, 0.29) is 22.4 Å². The molecule has 3 aliphatic heterocycles. The van der Waals surface area contributed by atoms with Crippen molar-refractivity contribution in [2.45, 2.75) is 102 Å². The molecular weight excluding hydrogens is 560 g/mol. The van der Waals surface area contributed by atoms with E-state index in [1.54, 1.807) is 6.33 Å². The molecule has 6 rings (SSSR count). The quantitative estimate of drug-likeness (QED) is 0.481. The van der Waals surface area contributed by atoms with Gasteiger partial charge in [0.15, 0.2) is 0 Å². The minimum absolute atomic E-state index is 0. The second kappa shape index (κ2) is 16.3. The normalized spacial score (nSPS) is 21.3. The topological polar surface area (TPSA) is 128 Å². The summed E-state index contributed by atoms with van der Waals surface area (Å²) >= 11 is 4.08.